The van der Waals surface area contributed by atoms with E-state index in [0.29, 0.717) is 5.69 Å². The molecule has 0 fully saturated rings. The molecule has 0 spiro atoms. The number of carbonyl (C=O) groups is 1. The summed E-state index contributed by atoms with van der Waals surface area (Å²) in [5, 5.41) is 2.89. The largest absolute Gasteiger partial charge is 0.344 e. The van der Waals surface area contributed by atoms with Crippen molar-refractivity contribution in [3.05, 3.63) is 59.7 Å². The van der Waals surface area contributed by atoms with Crippen LogP contribution in [0, 0.1) is 6.92 Å². The Morgan fingerprint density at radius 1 is 1.17 bits per heavy atom. The minimum Gasteiger partial charge on any atom is -0.344 e. The summed E-state index contributed by atoms with van der Waals surface area (Å²) in [6.07, 6.45) is 3.07. The van der Waals surface area contributed by atoms with E-state index in [1.54, 1.807) is 6.20 Å². The maximum absolute atomic E-state index is 11.9. The van der Waals surface area contributed by atoms with Gasteiger partial charge in [0.15, 0.2) is 0 Å². The Hall–Kier alpha value is -2.23. The van der Waals surface area contributed by atoms with Crippen molar-refractivity contribution in [1.29, 1.82) is 0 Å². The molecule has 0 saturated carbocycles. The lowest BCUT2D eigenvalue weighted by atomic mass is 10.1. The summed E-state index contributed by atoms with van der Waals surface area (Å²) in [5.41, 5.74) is 2.19. The first-order valence-electron chi connectivity index (χ1n) is 5.81. The fourth-order valence-electron chi connectivity index (χ4n) is 1.61. The second-order valence-corrected chi connectivity index (χ2v) is 4.15. The molecule has 0 bridgehead atoms. The molecule has 2 rings (SSSR count). The van der Waals surface area contributed by atoms with Gasteiger partial charge in [0, 0.05) is 6.20 Å². The number of aryl methyl sites for hydroxylation is 1. The van der Waals surface area contributed by atoms with E-state index in [-0.39, 0.29) is 11.9 Å². The normalized spacial score (nSPS) is 11.9. The molecular weight excluding hydrogens is 226 g/mol. The summed E-state index contributed by atoms with van der Waals surface area (Å²) in [4.78, 5) is 20.0. The molecule has 1 heterocycles. The quantitative estimate of drug-likeness (QED) is 0.896. The zero-order valence-electron chi connectivity index (χ0n) is 10.4. The van der Waals surface area contributed by atoms with E-state index in [1.165, 1.54) is 6.20 Å². The topological polar surface area (TPSA) is 54.9 Å². The average Bonchev–Trinajstić information content (AvgIpc) is 2.40. The first-order valence-corrected chi connectivity index (χ1v) is 5.81. The van der Waals surface area contributed by atoms with Crippen molar-refractivity contribution in [2.75, 3.05) is 0 Å². The SMILES string of the molecule is Cc1cnc(C(=O)NC(C)c2ccccc2)cn1. The van der Waals surface area contributed by atoms with Gasteiger partial charge in [-0.25, -0.2) is 4.98 Å². The number of aromatic nitrogens is 2. The van der Waals surface area contributed by atoms with E-state index in [1.807, 2.05) is 44.2 Å². The third kappa shape index (κ3) is 2.91. The Labute approximate surface area is 106 Å². The van der Waals surface area contributed by atoms with Crippen LogP contribution in [0.5, 0.6) is 0 Å². The van der Waals surface area contributed by atoms with Gasteiger partial charge in [0.05, 0.1) is 17.9 Å². The first-order chi connectivity index (χ1) is 8.66. The van der Waals surface area contributed by atoms with Crippen LogP contribution in [0.15, 0.2) is 42.7 Å². The van der Waals surface area contributed by atoms with E-state index >= 15 is 0 Å². The minimum absolute atomic E-state index is 0.0539. The van der Waals surface area contributed by atoms with Crippen molar-refractivity contribution >= 4 is 5.91 Å². The number of nitrogens with one attached hydrogen (secondary N) is 1. The van der Waals surface area contributed by atoms with Crippen LogP contribution in [0.1, 0.15) is 34.7 Å². The molecule has 0 aliphatic carbocycles. The van der Waals surface area contributed by atoms with E-state index in [0.717, 1.165) is 11.3 Å². The van der Waals surface area contributed by atoms with Crippen molar-refractivity contribution in [2.45, 2.75) is 19.9 Å². The van der Waals surface area contributed by atoms with Gasteiger partial charge in [-0.05, 0) is 19.4 Å². The maximum Gasteiger partial charge on any atom is 0.271 e. The second-order valence-electron chi connectivity index (χ2n) is 4.15. The zero-order chi connectivity index (χ0) is 13.0. The van der Waals surface area contributed by atoms with Crippen molar-refractivity contribution in [3.63, 3.8) is 0 Å². The van der Waals surface area contributed by atoms with Crippen molar-refractivity contribution < 1.29 is 4.79 Å². The molecule has 1 unspecified atom stereocenters. The minimum atomic E-state index is -0.209. The molecule has 1 atom stereocenters. The highest BCUT2D eigenvalue weighted by molar-refractivity contribution is 5.92. The Morgan fingerprint density at radius 3 is 2.50 bits per heavy atom. The number of carbonyl (C=O) groups excluding carboxylic acids is 1. The number of hydrogen-bond donors (Lipinski definition) is 1. The second kappa shape index (κ2) is 5.40. The molecule has 92 valence electrons. The summed E-state index contributed by atoms with van der Waals surface area (Å²) in [5.74, 6) is -0.209. The summed E-state index contributed by atoms with van der Waals surface area (Å²) in [6.45, 7) is 3.77. The van der Waals surface area contributed by atoms with Crippen molar-refractivity contribution in [1.82, 2.24) is 15.3 Å². The predicted molar refractivity (Wildman–Crippen MR) is 69.1 cm³/mol. The predicted octanol–water partition coefficient (Wildman–Crippen LogP) is 2.28. The van der Waals surface area contributed by atoms with Crippen LogP contribution in [0.3, 0.4) is 0 Å². The summed E-state index contributed by atoms with van der Waals surface area (Å²) in [7, 11) is 0. The first kappa shape index (κ1) is 12.2. The molecule has 2 aromatic rings. The van der Waals surface area contributed by atoms with Crippen LogP contribution in [0.4, 0.5) is 0 Å². The van der Waals surface area contributed by atoms with Gasteiger partial charge in [-0.3, -0.25) is 9.78 Å². The fourth-order valence-corrected chi connectivity index (χ4v) is 1.61. The molecule has 4 heteroatoms. The smallest absolute Gasteiger partial charge is 0.271 e. The number of amides is 1. The van der Waals surface area contributed by atoms with Gasteiger partial charge in [-0.15, -0.1) is 0 Å². The summed E-state index contributed by atoms with van der Waals surface area (Å²) < 4.78 is 0. The molecule has 1 amide bonds. The highest BCUT2D eigenvalue weighted by Crippen LogP contribution is 2.11. The highest BCUT2D eigenvalue weighted by atomic mass is 16.1. The van der Waals surface area contributed by atoms with Gasteiger partial charge in [-0.2, -0.15) is 0 Å². The molecule has 0 radical (unpaired) electrons. The molecule has 1 aromatic heterocycles. The molecule has 1 aromatic carbocycles. The maximum atomic E-state index is 11.9. The summed E-state index contributed by atoms with van der Waals surface area (Å²) >= 11 is 0. The fraction of sp³-hybridized carbons (Fsp3) is 0.214. The van der Waals surface area contributed by atoms with E-state index in [9.17, 15) is 4.79 Å². The molecule has 0 aliphatic rings. The van der Waals surface area contributed by atoms with Crippen molar-refractivity contribution in [2.24, 2.45) is 0 Å². The van der Waals surface area contributed by atoms with Crippen LogP contribution in [-0.2, 0) is 0 Å². The Balaban J connectivity index is 2.06. The van der Waals surface area contributed by atoms with Gasteiger partial charge < -0.3 is 5.32 Å². The average molecular weight is 241 g/mol. The van der Waals surface area contributed by atoms with Gasteiger partial charge >= 0.3 is 0 Å². The molecule has 1 N–H and O–H groups in total. The number of benzene rings is 1. The lowest BCUT2D eigenvalue weighted by molar-refractivity contribution is 0.0934. The lowest BCUT2D eigenvalue weighted by Gasteiger charge is -2.13. The van der Waals surface area contributed by atoms with Crippen LogP contribution in [-0.4, -0.2) is 15.9 Å². The van der Waals surface area contributed by atoms with Gasteiger partial charge in [0.25, 0.3) is 5.91 Å². The van der Waals surface area contributed by atoms with Gasteiger partial charge in [0.2, 0.25) is 0 Å². The molecule has 0 aliphatic heterocycles. The van der Waals surface area contributed by atoms with E-state index in [4.69, 9.17) is 0 Å². The molecule has 4 nitrogen and oxygen atoms in total. The Morgan fingerprint density at radius 2 is 1.89 bits per heavy atom. The van der Waals surface area contributed by atoms with E-state index in [2.05, 4.69) is 15.3 Å². The third-order valence-electron chi connectivity index (χ3n) is 2.66. The molecular formula is C14H15N3O. The standard InChI is InChI=1S/C14H15N3O/c1-10-8-16-13(9-15-10)14(18)17-11(2)12-6-4-3-5-7-12/h3-9,11H,1-2H3,(H,17,18). The highest BCUT2D eigenvalue weighted by Gasteiger charge is 2.12. The number of nitrogens with zero attached hydrogens (tertiary/aromatic N) is 2. The van der Waals surface area contributed by atoms with Crippen molar-refractivity contribution in [3.8, 4) is 0 Å². The monoisotopic (exact) mass is 241 g/mol. The summed E-state index contributed by atoms with van der Waals surface area (Å²) in [6, 6.07) is 9.75. The molecule has 0 saturated heterocycles. The van der Waals surface area contributed by atoms with Crippen LogP contribution in [0.2, 0.25) is 0 Å². The number of hydrogen-bond acceptors (Lipinski definition) is 3. The van der Waals surface area contributed by atoms with E-state index < -0.39 is 0 Å². The van der Waals surface area contributed by atoms with Gasteiger partial charge in [-0.1, -0.05) is 30.3 Å². The number of rotatable bonds is 3. The van der Waals surface area contributed by atoms with Crippen LogP contribution >= 0.6 is 0 Å². The lowest BCUT2D eigenvalue weighted by Crippen LogP contribution is -2.27. The molecule has 18 heavy (non-hydrogen) atoms. The van der Waals surface area contributed by atoms with Crippen LogP contribution in [0.25, 0.3) is 0 Å². The third-order valence-corrected chi connectivity index (χ3v) is 2.66. The zero-order valence-corrected chi connectivity index (χ0v) is 10.4. The Bertz CT molecular complexity index is 522. The Kier molecular flexibility index (Phi) is 3.67. The van der Waals surface area contributed by atoms with Gasteiger partial charge in [0.1, 0.15) is 5.69 Å². The van der Waals surface area contributed by atoms with Crippen LogP contribution < -0.4 is 5.32 Å².